The summed E-state index contributed by atoms with van der Waals surface area (Å²) >= 11 is 0. The normalized spacial score (nSPS) is 9.52. The van der Waals surface area contributed by atoms with Crippen LogP contribution in [0.3, 0.4) is 0 Å². The number of nitrogen functional groups attached to an aromatic ring is 1. The zero-order valence-corrected chi connectivity index (χ0v) is 11.9. The lowest BCUT2D eigenvalue weighted by Gasteiger charge is -2.07. The number of nitrogens with two attached hydrogens (primary N) is 1. The second kappa shape index (κ2) is 7.94. The monoisotopic (exact) mass is 293 g/mol. The number of pyridine rings is 1. The van der Waals surface area contributed by atoms with E-state index in [-0.39, 0.29) is 17.9 Å². The van der Waals surface area contributed by atoms with Gasteiger partial charge in [-0.1, -0.05) is 19.9 Å². The average molecular weight is 293 g/mol. The molecular weight excluding hydrogens is 276 g/mol. The fourth-order valence-corrected chi connectivity index (χ4v) is 1.54. The number of aromatic nitrogens is 1. The van der Waals surface area contributed by atoms with E-state index in [1.165, 1.54) is 18.3 Å². The third-order valence-electron chi connectivity index (χ3n) is 2.52. The molecule has 1 amide bonds. The average Bonchev–Trinajstić information content (AvgIpc) is 2.50. The molecule has 4 nitrogen and oxygen atoms in total. The molecule has 1 aromatic heterocycles. The number of amides is 1. The molecule has 1 heterocycles. The van der Waals surface area contributed by atoms with E-state index in [4.69, 9.17) is 5.73 Å². The Morgan fingerprint density at radius 2 is 1.95 bits per heavy atom. The fraction of sp³-hybridized carbons (Fsp3) is 0.200. The van der Waals surface area contributed by atoms with Crippen LogP contribution in [-0.4, -0.2) is 10.9 Å². The van der Waals surface area contributed by atoms with Crippen molar-refractivity contribution < 1.29 is 13.6 Å². The van der Waals surface area contributed by atoms with E-state index in [2.05, 4.69) is 10.3 Å². The van der Waals surface area contributed by atoms with E-state index in [0.29, 0.717) is 5.56 Å². The van der Waals surface area contributed by atoms with Crippen molar-refractivity contribution in [1.29, 1.82) is 0 Å². The van der Waals surface area contributed by atoms with Crippen LogP contribution in [0.2, 0.25) is 0 Å². The quantitative estimate of drug-likeness (QED) is 0.914. The first kappa shape index (κ1) is 16.6. The molecule has 3 N–H and O–H groups in total. The van der Waals surface area contributed by atoms with Crippen LogP contribution in [0.4, 0.5) is 14.6 Å². The summed E-state index contributed by atoms with van der Waals surface area (Å²) in [5.41, 5.74) is 6.25. The zero-order chi connectivity index (χ0) is 15.8. The van der Waals surface area contributed by atoms with Crippen LogP contribution in [0.5, 0.6) is 0 Å². The molecule has 0 aliphatic heterocycles. The minimum atomic E-state index is -0.951. The van der Waals surface area contributed by atoms with Gasteiger partial charge in [0.05, 0.1) is 5.56 Å². The van der Waals surface area contributed by atoms with Gasteiger partial charge >= 0.3 is 0 Å². The van der Waals surface area contributed by atoms with Crippen molar-refractivity contribution in [2.75, 3.05) is 5.73 Å². The minimum Gasteiger partial charge on any atom is -0.383 e. The van der Waals surface area contributed by atoms with Crippen LogP contribution in [0.15, 0.2) is 36.5 Å². The number of carbonyl (C=O) groups excluding carboxylic acids is 1. The number of benzene rings is 1. The summed E-state index contributed by atoms with van der Waals surface area (Å²) in [6, 6.07) is 6.55. The maximum Gasteiger partial charge on any atom is 0.255 e. The van der Waals surface area contributed by atoms with Gasteiger partial charge in [0.1, 0.15) is 5.82 Å². The topological polar surface area (TPSA) is 68.0 Å². The molecule has 0 radical (unpaired) electrons. The van der Waals surface area contributed by atoms with Gasteiger partial charge in [-0.2, -0.15) is 0 Å². The van der Waals surface area contributed by atoms with Gasteiger partial charge in [0.15, 0.2) is 11.6 Å². The van der Waals surface area contributed by atoms with E-state index in [9.17, 15) is 13.6 Å². The number of anilines is 1. The summed E-state index contributed by atoms with van der Waals surface area (Å²) in [5, 5.41) is 2.55. The Balaban J connectivity index is 0.00000106. The Kier molecular flexibility index (Phi) is 6.26. The van der Waals surface area contributed by atoms with Gasteiger partial charge in [-0.15, -0.1) is 0 Å². The molecule has 0 saturated heterocycles. The predicted molar refractivity (Wildman–Crippen MR) is 77.5 cm³/mol. The second-order valence-electron chi connectivity index (χ2n) is 3.87. The molecule has 2 aromatic rings. The summed E-state index contributed by atoms with van der Waals surface area (Å²) in [7, 11) is 0. The van der Waals surface area contributed by atoms with E-state index in [1.807, 2.05) is 13.8 Å². The van der Waals surface area contributed by atoms with Gasteiger partial charge in [0.2, 0.25) is 0 Å². The van der Waals surface area contributed by atoms with E-state index >= 15 is 0 Å². The van der Waals surface area contributed by atoms with Crippen LogP contribution in [-0.2, 0) is 6.54 Å². The van der Waals surface area contributed by atoms with Crippen LogP contribution >= 0.6 is 0 Å². The van der Waals surface area contributed by atoms with Gasteiger partial charge in [-0.3, -0.25) is 4.79 Å². The number of carbonyl (C=O) groups is 1. The Hall–Kier alpha value is -2.50. The van der Waals surface area contributed by atoms with Crippen molar-refractivity contribution >= 4 is 11.7 Å². The molecule has 0 saturated carbocycles. The van der Waals surface area contributed by atoms with Crippen molar-refractivity contribution in [3.8, 4) is 0 Å². The van der Waals surface area contributed by atoms with E-state index in [0.717, 1.165) is 12.1 Å². The smallest absolute Gasteiger partial charge is 0.255 e. The van der Waals surface area contributed by atoms with Crippen molar-refractivity contribution in [2.45, 2.75) is 20.4 Å². The molecule has 0 atom stereocenters. The van der Waals surface area contributed by atoms with Gasteiger partial charge in [-0.25, -0.2) is 13.8 Å². The minimum absolute atomic E-state index is 0.0738. The fourth-order valence-electron chi connectivity index (χ4n) is 1.54. The third-order valence-corrected chi connectivity index (χ3v) is 2.52. The first-order valence-corrected chi connectivity index (χ1v) is 6.50. The number of nitrogens with zero attached hydrogens (tertiary/aromatic N) is 1. The molecule has 21 heavy (non-hydrogen) atoms. The molecule has 112 valence electrons. The lowest BCUT2D eigenvalue weighted by molar-refractivity contribution is 0.0951. The van der Waals surface area contributed by atoms with Gasteiger partial charge < -0.3 is 11.1 Å². The number of hydrogen-bond acceptors (Lipinski definition) is 3. The highest BCUT2D eigenvalue weighted by Gasteiger charge is 2.10. The highest BCUT2D eigenvalue weighted by molar-refractivity contribution is 5.98. The summed E-state index contributed by atoms with van der Waals surface area (Å²) in [4.78, 5) is 15.6. The summed E-state index contributed by atoms with van der Waals surface area (Å²) in [6.45, 7) is 4.07. The molecule has 0 aliphatic carbocycles. The zero-order valence-electron chi connectivity index (χ0n) is 11.9. The van der Waals surface area contributed by atoms with Crippen LogP contribution in [0.25, 0.3) is 0 Å². The molecule has 0 aliphatic rings. The molecule has 0 unspecified atom stereocenters. The third kappa shape index (κ3) is 4.52. The summed E-state index contributed by atoms with van der Waals surface area (Å²) in [6.07, 6.45) is 1.47. The largest absolute Gasteiger partial charge is 0.383 e. The van der Waals surface area contributed by atoms with Gasteiger partial charge in [-0.05, 0) is 29.8 Å². The number of hydrogen-bond donors (Lipinski definition) is 2. The highest BCUT2D eigenvalue weighted by Crippen LogP contribution is 2.10. The number of nitrogens with one attached hydrogen (secondary N) is 1. The van der Waals surface area contributed by atoms with Crippen molar-refractivity contribution in [3.63, 3.8) is 0 Å². The summed E-state index contributed by atoms with van der Waals surface area (Å²) in [5.74, 6) is -2.18. The first-order chi connectivity index (χ1) is 10.1. The van der Waals surface area contributed by atoms with Crippen molar-refractivity contribution in [1.82, 2.24) is 10.3 Å². The summed E-state index contributed by atoms with van der Waals surface area (Å²) < 4.78 is 25.7. The lowest BCUT2D eigenvalue weighted by atomic mass is 10.2. The molecule has 2 rings (SSSR count). The van der Waals surface area contributed by atoms with Crippen LogP contribution in [0.1, 0.15) is 29.8 Å². The lowest BCUT2D eigenvalue weighted by Crippen LogP contribution is -2.24. The van der Waals surface area contributed by atoms with Crippen LogP contribution < -0.4 is 11.1 Å². The maximum atomic E-state index is 13.0. The van der Waals surface area contributed by atoms with E-state index < -0.39 is 17.5 Å². The van der Waals surface area contributed by atoms with Crippen LogP contribution in [0, 0.1) is 11.6 Å². The molecular formula is C15H17F2N3O. The highest BCUT2D eigenvalue weighted by atomic mass is 19.2. The first-order valence-electron chi connectivity index (χ1n) is 6.50. The number of halogens is 2. The standard InChI is InChI=1S/C13H11F2N3O.C2H6/c14-10-4-3-8(6-11(10)15)7-18-13(19)9-2-1-5-17-12(9)16;1-2/h1-6H,7H2,(H2,16,17)(H,18,19);1-2H3. The molecule has 6 heteroatoms. The Labute approximate surface area is 122 Å². The Bertz CT molecular complexity index is 618. The molecule has 0 spiro atoms. The van der Waals surface area contributed by atoms with Crippen molar-refractivity contribution in [3.05, 3.63) is 59.3 Å². The van der Waals surface area contributed by atoms with Crippen molar-refractivity contribution in [2.24, 2.45) is 0 Å². The van der Waals surface area contributed by atoms with Gasteiger partial charge in [0, 0.05) is 12.7 Å². The van der Waals surface area contributed by atoms with Gasteiger partial charge in [0.25, 0.3) is 5.91 Å². The Morgan fingerprint density at radius 1 is 1.24 bits per heavy atom. The second-order valence-corrected chi connectivity index (χ2v) is 3.87. The molecule has 0 fully saturated rings. The maximum absolute atomic E-state index is 13.0. The Morgan fingerprint density at radius 3 is 2.57 bits per heavy atom. The molecule has 1 aromatic carbocycles. The molecule has 0 bridgehead atoms. The predicted octanol–water partition coefficient (Wildman–Crippen LogP) is 2.90. The number of rotatable bonds is 3. The van der Waals surface area contributed by atoms with E-state index in [1.54, 1.807) is 6.07 Å². The SMILES string of the molecule is CC.Nc1ncccc1C(=O)NCc1ccc(F)c(F)c1.